The number of anilines is 1. The summed E-state index contributed by atoms with van der Waals surface area (Å²) in [4.78, 5) is 13.1. The summed E-state index contributed by atoms with van der Waals surface area (Å²) < 4.78 is 1.07. The third kappa shape index (κ3) is 2.90. The van der Waals surface area contributed by atoms with Crippen LogP contribution in [0.15, 0.2) is 54.6 Å². The molecule has 3 nitrogen and oxygen atoms in total. The molecule has 1 amide bonds. The number of thiophene rings is 1. The van der Waals surface area contributed by atoms with Crippen LogP contribution < -0.4 is 11.1 Å². The van der Waals surface area contributed by atoms with E-state index >= 15 is 0 Å². The van der Waals surface area contributed by atoms with Gasteiger partial charge in [-0.3, -0.25) is 4.79 Å². The minimum atomic E-state index is -0.0499. The summed E-state index contributed by atoms with van der Waals surface area (Å²) in [6.07, 6.45) is 0. The molecule has 0 saturated heterocycles. The van der Waals surface area contributed by atoms with Crippen LogP contribution in [0.5, 0.6) is 0 Å². The van der Waals surface area contributed by atoms with Gasteiger partial charge in [0, 0.05) is 10.4 Å². The molecular weight excluding hydrogens is 280 g/mol. The van der Waals surface area contributed by atoms with Gasteiger partial charge in [0.25, 0.3) is 5.91 Å². The second-order valence-electron chi connectivity index (χ2n) is 5.01. The van der Waals surface area contributed by atoms with Crippen LogP contribution in [0.25, 0.3) is 10.1 Å². The fraction of sp³-hybridized carbons (Fsp3) is 0.118. The third-order valence-electron chi connectivity index (χ3n) is 3.41. The van der Waals surface area contributed by atoms with Crippen LogP contribution in [0.2, 0.25) is 0 Å². The lowest BCUT2D eigenvalue weighted by molar-refractivity contribution is 0.0944. The molecular formula is C17H16N2OS. The predicted molar refractivity (Wildman–Crippen MR) is 88.6 cm³/mol. The Kier molecular flexibility index (Phi) is 3.62. The molecule has 0 aliphatic carbocycles. The number of benzene rings is 2. The summed E-state index contributed by atoms with van der Waals surface area (Å²) in [5.41, 5.74) is 7.58. The standard InChI is InChI=1S/C17H16N2OS/c1-11(12-5-3-2-4-6-12)19-17(20)16-10-13-9-14(18)7-8-15(13)21-16/h2-11H,18H2,1H3,(H,19,20)/t11-/m1/s1. The van der Waals surface area contributed by atoms with E-state index < -0.39 is 0 Å². The molecule has 0 radical (unpaired) electrons. The zero-order valence-corrected chi connectivity index (χ0v) is 12.5. The fourth-order valence-corrected chi connectivity index (χ4v) is 3.21. The average molecular weight is 296 g/mol. The first kappa shape index (κ1) is 13.6. The topological polar surface area (TPSA) is 55.1 Å². The highest BCUT2D eigenvalue weighted by Gasteiger charge is 2.14. The summed E-state index contributed by atoms with van der Waals surface area (Å²) in [5, 5.41) is 4.04. The maximum Gasteiger partial charge on any atom is 0.261 e. The Morgan fingerprint density at radius 3 is 2.67 bits per heavy atom. The normalized spacial score (nSPS) is 12.2. The number of carbonyl (C=O) groups is 1. The SMILES string of the molecule is C[C@@H](NC(=O)c1cc2cc(N)ccc2s1)c1ccccc1. The maximum absolute atomic E-state index is 12.4. The molecule has 0 bridgehead atoms. The summed E-state index contributed by atoms with van der Waals surface area (Å²) in [7, 11) is 0. The molecule has 1 heterocycles. The first-order valence-corrected chi connectivity index (χ1v) is 7.60. The molecule has 0 fully saturated rings. The van der Waals surface area contributed by atoms with Crippen molar-refractivity contribution in [3.05, 3.63) is 65.0 Å². The van der Waals surface area contributed by atoms with E-state index in [9.17, 15) is 4.79 Å². The van der Waals surface area contributed by atoms with E-state index in [0.29, 0.717) is 10.6 Å². The van der Waals surface area contributed by atoms with E-state index in [1.165, 1.54) is 11.3 Å². The van der Waals surface area contributed by atoms with Crippen molar-refractivity contribution >= 4 is 33.0 Å². The fourth-order valence-electron chi connectivity index (χ4n) is 2.27. The Labute approximate surface area is 127 Å². The lowest BCUT2D eigenvalue weighted by atomic mass is 10.1. The van der Waals surface area contributed by atoms with Gasteiger partial charge in [0.1, 0.15) is 0 Å². The van der Waals surface area contributed by atoms with Gasteiger partial charge in [0.05, 0.1) is 10.9 Å². The Balaban J connectivity index is 1.80. The highest BCUT2D eigenvalue weighted by molar-refractivity contribution is 7.20. The van der Waals surface area contributed by atoms with Gasteiger partial charge in [-0.25, -0.2) is 0 Å². The summed E-state index contributed by atoms with van der Waals surface area (Å²) in [6, 6.07) is 17.5. The van der Waals surface area contributed by atoms with Gasteiger partial charge in [-0.2, -0.15) is 0 Å². The summed E-state index contributed by atoms with van der Waals surface area (Å²) >= 11 is 1.48. The van der Waals surface area contributed by atoms with E-state index in [1.54, 1.807) is 0 Å². The molecule has 3 rings (SSSR count). The zero-order chi connectivity index (χ0) is 14.8. The van der Waals surface area contributed by atoms with Crippen LogP contribution in [0, 0.1) is 0 Å². The van der Waals surface area contributed by atoms with Crippen LogP contribution in [-0.2, 0) is 0 Å². The van der Waals surface area contributed by atoms with Crippen molar-refractivity contribution in [2.45, 2.75) is 13.0 Å². The van der Waals surface area contributed by atoms with Crippen molar-refractivity contribution in [2.24, 2.45) is 0 Å². The summed E-state index contributed by atoms with van der Waals surface area (Å²) in [6.45, 7) is 1.98. The molecule has 0 spiro atoms. The highest BCUT2D eigenvalue weighted by atomic mass is 32.1. The first-order chi connectivity index (χ1) is 10.1. The number of nitrogen functional groups attached to an aromatic ring is 1. The Morgan fingerprint density at radius 2 is 1.90 bits per heavy atom. The Bertz CT molecular complexity index is 780. The number of carbonyl (C=O) groups excluding carboxylic acids is 1. The molecule has 106 valence electrons. The molecule has 2 aromatic carbocycles. The first-order valence-electron chi connectivity index (χ1n) is 6.78. The number of nitrogens with two attached hydrogens (primary N) is 1. The van der Waals surface area contributed by atoms with E-state index in [0.717, 1.165) is 15.6 Å². The van der Waals surface area contributed by atoms with Crippen LogP contribution in [-0.4, -0.2) is 5.91 Å². The molecule has 1 aromatic heterocycles. The van der Waals surface area contributed by atoms with Crippen LogP contribution in [0.4, 0.5) is 5.69 Å². The van der Waals surface area contributed by atoms with Crippen LogP contribution in [0.1, 0.15) is 28.2 Å². The number of fused-ring (bicyclic) bond motifs is 1. The van der Waals surface area contributed by atoms with E-state index in [1.807, 2.05) is 61.5 Å². The molecule has 3 N–H and O–H groups in total. The van der Waals surface area contributed by atoms with Gasteiger partial charge >= 0.3 is 0 Å². The molecule has 4 heteroatoms. The molecule has 1 atom stereocenters. The molecule has 0 unspecified atom stereocenters. The van der Waals surface area contributed by atoms with Crippen LogP contribution in [0.3, 0.4) is 0 Å². The predicted octanol–water partition coefficient (Wildman–Crippen LogP) is 3.97. The van der Waals surface area contributed by atoms with Gasteiger partial charge in [-0.05, 0) is 42.1 Å². The monoisotopic (exact) mass is 296 g/mol. The smallest absolute Gasteiger partial charge is 0.261 e. The highest BCUT2D eigenvalue weighted by Crippen LogP contribution is 2.27. The minimum Gasteiger partial charge on any atom is -0.399 e. The number of hydrogen-bond acceptors (Lipinski definition) is 3. The number of rotatable bonds is 3. The molecule has 3 aromatic rings. The van der Waals surface area contributed by atoms with Crippen molar-refractivity contribution < 1.29 is 4.79 Å². The van der Waals surface area contributed by atoms with Crippen LogP contribution >= 0.6 is 11.3 Å². The molecule has 21 heavy (non-hydrogen) atoms. The van der Waals surface area contributed by atoms with Gasteiger partial charge in [-0.1, -0.05) is 30.3 Å². The maximum atomic E-state index is 12.4. The third-order valence-corrected chi connectivity index (χ3v) is 4.53. The lowest BCUT2D eigenvalue weighted by Crippen LogP contribution is -2.25. The Hall–Kier alpha value is -2.33. The number of nitrogens with one attached hydrogen (secondary N) is 1. The molecule has 0 aliphatic heterocycles. The van der Waals surface area contributed by atoms with Gasteiger partial charge in [-0.15, -0.1) is 11.3 Å². The lowest BCUT2D eigenvalue weighted by Gasteiger charge is -2.13. The summed E-state index contributed by atoms with van der Waals surface area (Å²) in [5.74, 6) is -0.0499. The van der Waals surface area contributed by atoms with Gasteiger partial charge in [0.2, 0.25) is 0 Å². The quantitative estimate of drug-likeness (QED) is 0.718. The second-order valence-corrected chi connectivity index (χ2v) is 6.10. The molecule has 0 saturated carbocycles. The van der Waals surface area contributed by atoms with E-state index in [-0.39, 0.29) is 11.9 Å². The average Bonchev–Trinajstić information content (AvgIpc) is 2.91. The van der Waals surface area contributed by atoms with E-state index in [2.05, 4.69) is 5.32 Å². The van der Waals surface area contributed by atoms with Crippen molar-refractivity contribution in [3.8, 4) is 0 Å². The van der Waals surface area contributed by atoms with Crippen molar-refractivity contribution in [1.82, 2.24) is 5.32 Å². The van der Waals surface area contributed by atoms with Gasteiger partial charge < -0.3 is 11.1 Å². The van der Waals surface area contributed by atoms with Crippen molar-refractivity contribution in [1.29, 1.82) is 0 Å². The largest absolute Gasteiger partial charge is 0.399 e. The van der Waals surface area contributed by atoms with Crippen molar-refractivity contribution in [2.75, 3.05) is 5.73 Å². The second kappa shape index (κ2) is 5.58. The van der Waals surface area contributed by atoms with Gasteiger partial charge in [0.15, 0.2) is 0 Å². The minimum absolute atomic E-state index is 0.0195. The van der Waals surface area contributed by atoms with E-state index in [4.69, 9.17) is 5.73 Å². The Morgan fingerprint density at radius 1 is 1.14 bits per heavy atom. The number of amides is 1. The van der Waals surface area contributed by atoms with Crippen molar-refractivity contribution in [3.63, 3.8) is 0 Å². The molecule has 0 aliphatic rings. The number of hydrogen-bond donors (Lipinski definition) is 2. The zero-order valence-electron chi connectivity index (χ0n) is 11.7.